The lowest BCUT2D eigenvalue weighted by molar-refractivity contribution is 0.372. The predicted molar refractivity (Wildman–Crippen MR) is 113 cm³/mol. The Bertz CT molecular complexity index is 752. The van der Waals surface area contributed by atoms with Crippen LogP contribution in [-0.4, -0.2) is 62.7 Å². The number of aromatic nitrogens is 1. The zero-order valence-corrected chi connectivity index (χ0v) is 17.3. The molecule has 1 aromatic carbocycles. The van der Waals surface area contributed by atoms with Crippen LogP contribution in [0.2, 0.25) is 0 Å². The first-order chi connectivity index (χ1) is 13.2. The number of hydrogen-bond acceptors (Lipinski definition) is 5. The van der Waals surface area contributed by atoms with Crippen LogP contribution in [0.1, 0.15) is 17.6 Å². The third-order valence-electron chi connectivity index (χ3n) is 4.78. The molecule has 0 amide bonds. The van der Waals surface area contributed by atoms with E-state index in [0.29, 0.717) is 0 Å². The van der Waals surface area contributed by atoms with E-state index < -0.39 is 0 Å². The Morgan fingerprint density at radius 2 is 2.11 bits per heavy atom. The molecule has 7 heteroatoms. The SMILES string of the molecule is CCc1nc(CCNC(=NC)N2CCN(c3cccc(OC)c3)CC2)cs1. The molecular formula is C20H29N5OS. The Kier molecular flexibility index (Phi) is 6.92. The van der Waals surface area contributed by atoms with Gasteiger partial charge in [0.1, 0.15) is 5.75 Å². The normalized spacial score (nSPS) is 15.1. The fraction of sp³-hybridized carbons (Fsp3) is 0.500. The van der Waals surface area contributed by atoms with Crippen molar-refractivity contribution in [1.29, 1.82) is 0 Å². The molecule has 0 atom stereocenters. The van der Waals surface area contributed by atoms with Gasteiger partial charge in [-0.15, -0.1) is 11.3 Å². The van der Waals surface area contributed by atoms with Crippen LogP contribution < -0.4 is 15.0 Å². The Morgan fingerprint density at radius 1 is 1.30 bits per heavy atom. The fourth-order valence-electron chi connectivity index (χ4n) is 3.24. The van der Waals surface area contributed by atoms with E-state index in [1.807, 2.05) is 19.2 Å². The van der Waals surface area contributed by atoms with Crippen molar-refractivity contribution in [3.8, 4) is 5.75 Å². The number of thiazole rings is 1. The van der Waals surface area contributed by atoms with Crippen LogP contribution in [0, 0.1) is 0 Å². The number of aliphatic imine (C=N–C) groups is 1. The molecule has 1 saturated heterocycles. The molecule has 3 rings (SSSR count). The lowest BCUT2D eigenvalue weighted by Crippen LogP contribution is -2.52. The van der Waals surface area contributed by atoms with Crippen LogP contribution in [-0.2, 0) is 12.8 Å². The molecule has 1 N–H and O–H groups in total. The minimum Gasteiger partial charge on any atom is -0.497 e. The Hall–Kier alpha value is -2.28. The van der Waals surface area contributed by atoms with Gasteiger partial charge in [0, 0.05) is 63.3 Å². The quantitative estimate of drug-likeness (QED) is 0.610. The Labute approximate surface area is 165 Å². The van der Waals surface area contributed by atoms with Gasteiger partial charge in [-0.25, -0.2) is 4.98 Å². The maximum Gasteiger partial charge on any atom is 0.193 e. The summed E-state index contributed by atoms with van der Waals surface area (Å²) in [7, 11) is 3.57. The minimum atomic E-state index is 0.857. The third-order valence-corrected chi connectivity index (χ3v) is 5.82. The molecule has 27 heavy (non-hydrogen) atoms. The number of hydrogen-bond donors (Lipinski definition) is 1. The number of rotatable bonds is 6. The van der Waals surface area contributed by atoms with Gasteiger partial charge in [0.2, 0.25) is 0 Å². The van der Waals surface area contributed by atoms with E-state index in [-0.39, 0.29) is 0 Å². The summed E-state index contributed by atoms with van der Waals surface area (Å²) in [5.74, 6) is 1.88. The second-order valence-corrected chi connectivity index (χ2v) is 7.43. The second kappa shape index (κ2) is 9.60. The highest BCUT2D eigenvalue weighted by molar-refractivity contribution is 7.09. The Morgan fingerprint density at radius 3 is 2.78 bits per heavy atom. The molecule has 1 aromatic heterocycles. The molecule has 0 bridgehead atoms. The summed E-state index contributed by atoms with van der Waals surface area (Å²) in [5.41, 5.74) is 2.38. The van der Waals surface area contributed by atoms with Crippen LogP contribution in [0.4, 0.5) is 5.69 Å². The highest BCUT2D eigenvalue weighted by atomic mass is 32.1. The van der Waals surface area contributed by atoms with Gasteiger partial charge in [0.25, 0.3) is 0 Å². The summed E-state index contributed by atoms with van der Waals surface area (Å²) in [6, 6.07) is 8.27. The van der Waals surface area contributed by atoms with Crippen molar-refractivity contribution in [3.05, 3.63) is 40.3 Å². The van der Waals surface area contributed by atoms with Gasteiger partial charge in [-0.1, -0.05) is 13.0 Å². The lowest BCUT2D eigenvalue weighted by Gasteiger charge is -2.37. The first-order valence-corrected chi connectivity index (χ1v) is 10.4. The standard InChI is InChI=1S/C20H29N5OS/c1-4-19-23-16(15-27-19)8-9-22-20(21-2)25-12-10-24(11-13-25)17-6-5-7-18(14-17)26-3/h5-7,14-15H,4,8-13H2,1-3H3,(H,21,22). The van der Waals surface area contributed by atoms with Crippen molar-refractivity contribution in [2.75, 3.05) is 51.8 Å². The molecular weight excluding hydrogens is 358 g/mol. The zero-order chi connectivity index (χ0) is 19.1. The first-order valence-electron chi connectivity index (χ1n) is 9.51. The number of aryl methyl sites for hydroxylation is 1. The van der Waals surface area contributed by atoms with E-state index in [2.05, 4.69) is 49.5 Å². The largest absolute Gasteiger partial charge is 0.497 e. The predicted octanol–water partition coefficient (Wildman–Crippen LogP) is 2.65. The van der Waals surface area contributed by atoms with E-state index in [4.69, 9.17) is 4.74 Å². The average Bonchev–Trinajstić information content (AvgIpc) is 3.19. The number of nitrogens with one attached hydrogen (secondary N) is 1. The summed E-state index contributed by atoms with van der Waals surface area (Å²) < 4.78 is 5.34. The van der Waals surface area contributed by atoms with Crippen molar-refractivity contribution in [2.24, 2.45) is 4.99 Å². The summed E-state index contributed by atoms with van der Waals surface area (Å²) in [6.07, 6.45) is 1.94. The molecule has 1 aliphatic rings. The number of nitrogens with zero attached hydrogens (tertiary/aromatic N) is 4. The molecule has 1 fully saturated rings. The first kappa shape index (κ1) is 19.5. The van der Waals surface area contributed by atoms with Crippen LogP contribution in [0.3, 0.4) is 0 Å². The molecule has 146 valence electrons. The van der Waals surface area contributed by atoms with Gasteiger partial charge < -0.3 is 19.9 Å². The van der Waals surface area contributed by atoms with Gasteiger partial charge in [0.05, 0.1) is 17.8 Å². The third kappa shape index (κ3) is 5.13. The number of ether oxygens (including phenoxy) is 1. The molecule has 2 heterocycles. The van der Waals surface area contributed by atoms with Gasteiger partial charge >= 0.3 is 0 Å². The van der Waals surface area contributed by atoms with Crippen LogP contribution in [0.5, 0.6) is 5.75 Å². The van der Waals surface area contributed by atoms with Crippen molar-refractivity contribution in [3.63, 3.8) is 0 Å². The highest BCUT2D eigenvalue weighted by Gasteiger charge is 2.20. The van der Waals surface area contributed by atoms with Gasteiger partial charge in [-0.05, 0) is 18.6 Å². The van der Waals surface area contributed by atoms with E-state index in [9.17, 15) is 0 Å². The van der Waals surface area contributed by atoms with Gasteiger partial charge in [0.15, 0.2) is 5.96 Å². The molecule has 0 unspecified atom stereocenters. The van der Waals surface area contributed by atoms with Crippen molar-refractivity contribution < 1.29 is 4.74 Å². The van der Waals surface area contributed by atoms with Crippen molar-refractivity contribution >= 4 is 23.0 Å². The molecule has 0 radical (unpaired) electrons. The van der Waals surface area contributed by atoms with Crippen LogP contribution in [0.25, 0.3) is 0 Å². The van der Waals surface area contributed by atoms with Gasteiger partial charge in [-0.3, -0.25) is 4.99 Å². The number of guanidine groups is 1. The van der Waals surface area contributed by atoms with Crippen LogP contribution in [0.15, 0.2) is 34.6 Å². The van der Waals surface area contributed by atoms with Crippen LogP contribution >= 0.6 is 11.3 Å². The smallest absolute Gasteiger partial charge is 0.193 e. The highest BCUT2D eigenvalue weighted by Crippen LogP contribution is 2.22. The maximum absolute atomic E-state index is 5.34. The van der Waals surface area contributed by atoms with E-state index in [1.165, 1.54) is 16.4 Å². The number of benzene rings is 1. The summed E-state index contributed by atoms with van der Waals surface area (Å²) in [4.78, 5) is 13.8. The summed E-state index contributed by atoms with van der Waals surface area (Å²) >= 11 is 1.75. The fourth-order valence-corrected chi connectivity index (χ4v) is 4.02. The molecule has 0 spiro atoms. The average molecular weight is 388 g/mol. The number of piperazine rings is 1. The molecule has 2 aromatic rings. The minimum absolute atomic E-state index is 0.857. The maximum atomic E-state index is 5.34. The van der Waals surface area contributed by atoms with E-state index in [0.717, 1.165) is 57.3 Å². The number of methoxy groups -OCH3 is 1. The summed E-state index contributed by atoms with van der Waals surface area (Å²) in [6.45, 7) is 6.85. The van der Waals surface area contributed by atoms with Crippen molar-refractivity contribution in [2.45, 2.75) is 19.8 Å². The molecule has 6 nitrogen and oxygen atoms in total. The van der Waals surface area contributed by atoms with E-state index >= 15 is 0 Å². The molecule has 0 saturated carbocycles. The monoisotopic (exact) mass is 387 g/mol. The molecule has 1 aliphatic heterocycles. The second-order valence-electron chi connectivity index (χ2n) is 6.49. The Balaban J connectivity index is 1.48. The van der Waals surface area contributed by atoms with Crippen molar-refractivity contribution in [1.82, 2.24) is 15.2 Å². The van der Waals surface area contributed by atoms with E-state index in [1.54, 1.807) is 18.4 Å². The number of anilines is 1. The molecule has 0 aliphatic carbocycles. The topological polar surface area (TPSA) is 53.0 Å². The zero-order valence-electron chi connectivity index (χ0n) is 16.4. The lowest BCUT2D eigenvalue weighted by atomic mass is 10.2. The summed E-state index contributed by atoms with van der Waals surface area (Å²) in [5, 5.41) is 6.86. The van der Waals surface area contributed by atoms with Gasteiger partial charge in [-0.2, -0.15) is 0 Å².